The molecule has 0 saturated heterocycles. The Balaban J connectivity index is 1.24. The van der Waals surface area contributed by atoms with Gasteiger partial charge in [0.15, 0.2) is 4.90 Å². The highest BCUT2D eigenvalue weighted by molar-refractivity contribution is 7.25. The van der Waals surface area contributed by atoms with Crippen LogP contribution in [0.15, 0.2) is 95.7 Å². The highest BCUT2D eigenvalue weighted by Crippen LogP contribution is 2.43. The first-order valence-corrected chi connectivity index (χ1v) is 15.8. The van der Waals surface area contributed by atoms with Gasteiger partial charge in [0.25, 0.3) is 0 Å². The van der Waals surface area contributed by atoms with Crippen LogP contribution in [-0.2, 0) is 10.8 Å². The summed E-state index contributed by atoms with van der Waals surface area (Å²) in [5.74, 6) is 2.41. The second-order valence-electron chi connectivity index (χ2n) is 13.6. The van der Waals surface area contributed by atoms with Gasteiger partial charge in [0.1, 0.15) is 22.9 Å². The summed E-state index contributed by atoms with van der Waals surface area (Å²) in [6.07, 6.45) is 3.90. The van der Waals surface area contributed by atoms with Crippen LogP contribution in [0.2, 0.25) is 0 Å². The van der Waals surface area contributed by atoms with Gasteiger partial charge >= 0.3 is 0 Å². The van der Waals surface area contributed by atoms with Gasteiger partial charge < -0.3 is 9.15 Å². The van der Waals surface area contributed by atoms with Gasteiger partial charge in [-0.05, 0) is 76.6 Å². The third-order valence-electron chi connectivity index (χ3n) is 8.51. The minimum absolute atomic E-state index is 0.0139. The van der Waals surface area contributed by atoms with Crippen molar-refractivity contribution in [3.05, 3.63) is 102 Å². The lowest BCUT2D eigenvalue weighted by atomic mass is 9.88. The van der Waals surface area contributed by atoms with E-state index in [1.165, 1.54) is 16.5 Å². The summed E-state index contributed by atoms with van der Waals surface area (Å²) in [6, 6.07) is 27.4. The Morgan fingerprint density at radius 2 is 1.45 bits per heavy atom. The number of benzene rings is 3. The van der Waals surface area contributed by atoms with Gasteiger partial charge in [0, 0.05) is 34.6 Å². The van der Waals surface area contributed by atoms with E-state index in [-0.39, 0.29) is 10.8 Å². The average Bonchev–Trinajstić information content (AvgIpc) is 3.63. The third-order valence-corrected chi connectivity index (χ3v) is 9.51. The number of pyridine rings is 2. The summed E-state index contributed by atoms with van der Waals surface area (Å²) in [5, 5.41) is 4.41. The standard InChI is InChI=1S/C38H33N3O2S/c1-37(2,3)22-15-16-39-33(18-22)41-29-10-8-7-9-26(29)27-13-11-25(20-30(27)41)42-24-12-14-31-28(19-24)34-35-32(44-36(34)43-31)17-23(21-40-35)38(4,5)6/h7-21H,1-6H3. The molecule has 5 aromatic heterocycles. The van der Waals surface area contributed by atoms with Crippen molar-refractivity contribution in [3.63, 3.8) is 0 Å². The fraction of sp³-hybridized carbons (Fsp3) is 0.211. The first kappa shape index (κ1) is 26.9. The molecule has 0 aliphatic carbocycles. The largest absolute Gasteiger partial charge is 0.457 e. The molecular formula is C38H33N3O2S. The Kier molecular flexibility index (Phi) is 5.75. The maximum atomic E-state index is 6.54. The van der Waals surface area contributed by atoms with Crippen molar-refractivity contribution >= 4 is 64.6 Å². The molecule has 0 spiro atoms. The van der Waals surface area contributed by atoms with Gasteiger partial charge in [-0.3, -0.25) is 9.55 Å². The van der Waals surface area contributed by atoms with E-state index in [4.69, 9.17) is 19.1 Å². The van der Waals surface area contributed by atoms with Gasteiger partial charge in [0.2, 0.25) is 0 Å². The zero-order valence-electron chi connectivity index (χ0n) is 25.7. The number of aromatic nitrogens is 3. The molecule has 3 aromatic carbocycles. The Hall–Kier alpha value is -4.68. The number of thiophene rings is 1. The van der Waals surface area contributed by atoms with E-state index in [1.54, 1.807) is 11.3 Å². The van der Waals surface area contributed by atoms with Crippen molar-refractivity contribution in [2.75, 3.05) is 0 Å². The summed E-state index contributed by atoms with van der Waals surface area (Å²) < 4.78 is 16.2. The number of nitrogens with zero attached hydrogens (tertiary/aromatic N) is 3. The van der Waals surface area contributed by atoms with Crippen LogP contribution in [0.5, 0.6) is 11.5 Å². The van der Waals surface area contributed by atoms with Crippen molar-refractivity contribution in [3.8, 4) is 17.3 Å². The van der Waals surface area contributed by atoms with Crippen LogP contribution < -0.4 is 4.74 Å². The SMILES string of the molecule is CC(C)(C)c1ccnc(-n2c3ccccc3c3ccc(Oc4ccc5oc6sc7cc(C(C)(C)C)cnc7c6c5c4)cc32)c1. The molecule has 0 N–H and O–H groups in total. The molecule has 44 heavy (non-hydrogen) atoms. The second-order valence-corrected chi connectivity index (χ2v) is 14.6. The maximum absolute atomic E-state index is 6.54. The Morgan fingerprint density at radius 1 is 0.705 bits per heavy atom. The Labute approximate surface area is 259 Å². The summed E-state index contributed by atoms with van der Waals surface area (Å²) >= 11 is 1.65. The molecule has 0 fully saturated rings. The lowest BCUT2D eigenvalue weighted by Gasteiger charge is -2.20. The van der Waals surface area contributed by atoms with E-state index in [2.05, 4.69) is 107 Å². The lowest BCUT2D eigenvalue weighted by Crippen LogP contribution is -2.12. The second kappa shape index (κ2) is 9.41. The first-order valence-electron chi connectivity index (χ1n) is 15.0. The molecule has 0 radical (unpaired) electrons. The summed E-state index contributed by atoms with van der Waals surface area (Å²) in [6.45, 7) is 13.3. The van der Waals surface area contributed by atoms with Gasteiger partial charge in [0.05, 0.1) is 26.6 Å². The Morgan fingerprint density at radius 3 is 2.27 bits per heavy atom. The summed E-state index contributed by atoms with van der Waals surface area (Å²) in [5.41, 5.74) is 6.49. The highest BCUT2D eigenvalue weighted by atomic mass is 32.1. The van der Waals surface area contributed by atoms with Crippen LogP contribution in [-0.4, -0.2) is 14.5 Å². The van der Waals surface area contributed by atoms with Crippen LogP contribution in [0.3, 0.4) is 0 Å². The van der Waals surface area contributed by atoms with Crippen molar-refractivity contribution < 1.29 is 9.15 Å². The number of hydrogen-bond acceptors (Lipinski definition) is 5. The summed E-state index contributed by atoms with van der Waals surface area (Å²) in [4.78, 5) is 10.6. The van der Waals surface area contributed by atoms with E-state index in [9.17, 15) is 0 Å². The van der Waals surface area contributed by atoms with Crippen LogP contribution >= 0.6 is 11.3 Å². The minimum atomic E-state index is 0.0139. The fourth-order valence-electron chi connectivity index (χ4n) is 6.04. The number of rotatable bonds is 3. The van der Waals surface area contributed by atoms with Crippen LogP contribution in [0.1, 0.15) is 52.7 Å². The molecule has 0 atom stereocenters. The molecule has 0 saturated carbocycles. The average molecular weight is 596 g/mol. The Bertz CT molecular complexity index is 2400. The molecule has 0 amide bonds. The quantitative estimate of drug-likeness (QED) is 0.204. The van der Waals surface area contributed by atoms with Crippen molar-refractivity contribution in [2.24, 2.45) is 0 Å². The van der Waals surface area contributed by atoms with Gasteiger partial charge in [-0.1, -0.05) is 71.1 Å². The smallest absolute Gasteiger partial charge is 0.191 e. The molecule has 0 aliphatic rings. The predicted octanol–water partition coefficient (Wildman–Crippen LogP) is 11.1. The molecule has 6 heteroatoms. The van der Waals surface area contributed by atoms with Crippen LogP contribution in [0.4, 0.5) is 0 Å². The van der Waals surface area contributed by atoms with Gasteiger partial charge in [-0.15, -0.1) is 0 Å². The third kappa shape index (κ3) is 4.27. The molecular weight excluding hydrogens is 563 g/mol. The molecule has 0 aliphatic heterocycles. The number of furan rings is 1. The van der Waals surface area contributed by atoms with E-state index in [0.29, 0.717) is 0 Å². The molecule has 8 rings (SSSR count). The van der Waals surface area contributed by atoms with Crippen LogP contribution in [0.25, 0.3) is 59.1 Å². The minimum Gasteiger partial charge on any atom is -0.457 e. The van der Waals surface area contributed by atoms with Gasteiger partial charge in [-0.25, -0.2) is 4.98 Å². The number of ether oxygens (including phenoxy) is 1. The van der Waals surface area contributed by atoms with Crippen molar-refractivity contribution in [2.45, 2.75) is 52.4 Å². The zero-order valence-corrected chi connectivity index (χ0v) is 26.5. The molecule has 0 unspecified atom stereocenters. The van der Waals surface area contributed by atoms with E-state index < -0.39 is 0 Å². The van der Waals surface area contributed by atoms with Crippen molar-refractivity contribution in [1.82, 2.24) is 14.5 Å². The normalized spacial score (nSPS) is 12.8. The lowest BCUT2D eigenvalue weighted by molar-refractivity contribution is 0.484. The van der Waals surface area contributed by atoms with E-state index in [1.807, 2.05) is 30.6 Å². The summed E-state index contributed by atoms with van der Waals surface area (Å²) in [7, 11) is 0. The number of para-hydroxylation sites is 1. The fourth-order valence-corrected chi connectivity index (χ4v) is 7.12. The highest BCUT2D eigenvalue weighted by Gasteiger charge is 2.21. The predicted molar refractivity (Wildman–Crippen MR) is 183 cm³/mol. The van der Waals surface area contributed by atoms with E-state index in [0.717, 1.165) is 65.2 Å². The number of hydrogen-bond donors (Lipinski definition) is 0. The maximum Gasteiger partial charge on any atom is 0.191 e. The van der Waals surface area contributed by atoms with Crippen molar-refractivity contribution in [1.29, 1.82) is 0 Å². The zero-order chi connectivity index (χ0) is 30.4. The molecule has 8 aromatic rings. The number of fused-ring (bicyclic) bond motifs is 8. The van der Waals surface area contributed by atoms with E-state index >= 15 is 0 Å². The molecule has 0 bridgehead atoms. The van der Waals surface area contributed by atoms with Gasteiger partial charge in [-0.2, -0.15) is 0 Å². The monoisotopic (exact) mass is 595 g/mol. The topological polar surface area (TPSA) is 53.1 Å². The molecule has 5 heterocycles. The van der Waals surface area contributed by atoms with Crippen LogP contribution in [0, 0.1) is 0 Å². The molecule has 218 valence electrons. The molecule has 5 nitrogen and oxygen atoms in total. The first-order chi connectivity index (χ1) is 21.0.